The van der Waals surface area contributed by atoms with Gasteiger partial charge in [-0.05, 0) is 50.7 Å². The number of carbonyl (C=O) groups excluding carboxylic acids is 1. The van der Waals surface area contributed by atoms with E-state index in [-0.39, 0.29) is 18.1 Å². The Morgan fingerprint density at radius 3 is 2.48 bits per heavy atom. The van der Waals surface area contributed by atoms with E-state index < -0.39 is 0 Å². The van der Waals surface area contributed by atoms with Crippen LogP contribution in [0.5, 0.6) is 11.9 Å². The summed E-state index contributed by atoms with van der Waals surface area (Å²) in [6, 6.07) is 5.69. The van der Waals surface area contributed by atoms with Gasteiger partial charge in [-0.1, -0.05) is 0 Å². The van der Waals surface area contributed by atoms with Gasteiger partial charge in [0.25, 0.3) is 5.91 Å². The molecule has 7 nitrogen and oxygen atoms in total. The maximum absolute atomic E-state index is 12.8. The summed E-state index contributed by atoms with van der Waals surface area (Å²) < 4.78 is 11.7. The van der Waals surface area contributed by atoms with E-state index in [1.165, 1.54) is 12.8 Å². The largest absolute Gasteiger partial charge is 0.474 e. The molecule has 0 aromatic carbocycles. The van der Waals surface area contributed by atoms with Crippen LogP contribution in [0.2, 0.25) is 0 Å². The number of amides is 1. The number of hydrogen-bond donors (Lipinski definition) is 0. The van der Waals surface area contributed by atoms with Gasteiger partial charge in [0.2, 0.25) is 5.88 Å². The van der Waals surface area contributed by atoms with Gasteiger partial charge >= 0.3 is 6.01 Å². The van der Waals surface area contributed by atoms with E-state index >= 15 is 0 Å². The molecule has 1 aliphatic heterocycles. The molecule has 1 aliphatic carbocycles. The number of carbonyl (C=O) groups is 1. The Morgan fingerprint density at radius 1 is 0.963 bits per heavy atom. The number of piperidine rings is 1. The molecule has 1 saturated carbocycles. The topological polar surface area (TPSA) is 77.4 Å². The third-order valence-electron chi connectivity index (χ3n) is 5.05. The van der Waals surface area contributed by atoms with Crippen molar-refractivity contribution in [2.75, 3.05) is 13.1 Å². The van der Waals surface area contributed by atoms with E-state index in [1.54, 1.807) is 36.8 Å². The van der Waals surface area contributed by atoms with Gasteiger partial charge in [0, 0.05) is 31.2 Å². The summed E-state index contributed by atoms with van der Waals surface area (Å²) in [7, 11) is 0. The highest BCUT2D eigenvalue weighted by Gasteiger charge is 2.26. The molecule has 2 aromatic heterocycles. The molecule has 1 saturated heterocycles. The maximum Gasteiger partial charge on any atom is 0.316 e. The number of rotatable bonds is 5. The Kier molecular flexibility index (Phi) is 5.46. The molecule has 1 atom stereocenters. The van der Waals surface area contributed by atoms with Crippen molar-refractivity contribution in [1.82, 2.24) is 19.9 Å². The SMILES string of the molecule is O=C(c1ccc(OC2CCCC2)nc1)N1CCCC(Oc2ncccn2)C1. The minimum atomic E-state index is -0.0944. The van der Waals surface area contributed by atoms with E-state index in [0.717, 1.165) is 25.7 Å². The summed E-state index contributed by atoms with van der Waals surface area (Å²) in [5.74, 6) is 0.566. The van der Waals surface area contributed by atoms with Gasteiger partial charge < -0.3 is 14.4 Å². The first-order valence-corrected chi connectivity index (χ1v) is 9.63. The Hall–Kier alpha value is -2.70. The molecular formula is C20H24N4O3. The van der Waals surface area contributed by atoms with Crippen LogP contribution in [0.3, 0.4) is 0 Å². The summed E-state index contributed by atoms with van der Waals surface area (Å²) in [5.41, 5.74) is 0.574. The van der Waals surface area contributed by atoms with Gasteiger partial charge in [-0.15, -0.1) is 0 Å². The van der Waals surface area contributed by atoms with Crippen molar-refractivity contribution in [2.45, 2.75) is 50.7 Å². The third kappa shape index (κ3) is 4.53. The zero-order valence-electron chi connectivity index (χ0n) is 15.3. The average molecular weight is 368 g/mol. The molecule has 0 bridgehead atoms. The van der Waals surface area contributed by atoms with E-state index in [1.807, 2.05) is 4.90 Å². The van der Waals surface area contributed by atoms with Gasteiger partial charge in [0.1, 0.15) is 12.2 Å². The van der Waals surface area contributed by atoms with Crippen LogP contribution in [-0.2, 0) is 0 Å². The van der Waals surface area contributed by atoms with E-state index in [9.17, 15) is 4.79 Å². The molecule has 0 radical (unpaired) electrons. The number of likely N-dealkylation sites (tertiary alicyclic amines) is 1. The Labute approximate surface area is 158 Å². The normalized spacial score (nSPS) is 20.4. The molecule has 27 heavy (non-hydrogen) atoms. The zero-order chi connectivity index (χ0) is 18.5. The molecule has 1 unspecified atom stereocenters. The van der Waals surface area contributed by atoms with Crippen molar-refractivity contribution in [3.05, 3.63) is 42.4 Å². The minimum Gasteiger partial charge on any atom is -0.474 e. The second kappa shape index (κ2) is 8.33. The summed E-state index contributed by atoms with van der Waals surface area (Å²) in [6.07, 6.45) is 11.4. The molecule has 2 aliphatic rings. The van der Waals surface area contributed by atoms with Crippen LogP contribution in [0.15, 0.2) is 36.8 Å². The Balaban J connectivity index is 1.35. The second-order valence-electron chi connectivity index (χ2n) is 7.07. The van der Waals surface area contributed by atoms with Gasteiger partial charge in [-0.25, -0.2) is 15.0 Å². The van der Waals surface area contributed by atoms with Gasteiger partial charge in [0.05, 0.1) is 12.1 Å². The lowest BCUT2D eigenvalue weighted by Gasteiger charge is -2.32. The van der Waals surface area contributed by atoms with Crippen molar-refractivity contribution in [3.8, 4) is 11.9 Å². The van der Waals surface area contributed by atoms with Crippen LogP contribution in [-0.4, -0.2) is 51.1 Å². The predicted octanol–water partition coefficient (Wildman–Crippen LogP) is 2.88. The number of hydrogen-bond acceptors (Lipinski definition) is 6. The van der Waals surface area contributed by atoms with Gasteiger partial charge in [-0.3, -0.25) is 4.79 Å². The second-order valence-corrected chi connectivity index (χ2v) is 7.07. The number of ether oxygens (including phenoxy) is 2. The molecule has 2 aromatic rings. The summed E-state index contributed by atoms with van der Waals surface area (Å²) in [5, 5.41) is 0. The fourth-order valence-electron chi connectivity index (χ4n) is 3.65. The van der Waals surface area contributed by atoms with Crippen molar-refractivity contribution >= 4 is 5.91 Å². The highest BCUT2D eigenvalue weighted by Crippen LogP contribution is 2.23. The first-order chi connectivity index (χ1) is 13.3. The monoisotopic (exact) mass is 368 g/mol. The number of nitrogens with zero attached hydrogens (tertiary/aromatic N) is 4. The standard InChI is InChI=1S/C20H24N4O3/c25-19(15-8-9-18(23-13-15)26-16-5-1-2-6-16)24-12-3-7-17(14-24)27-20-21-10-4-11-22-20/h4,8-11,13,16-17H,1-3,5-7,12,14H2. The van der Waals surface area contributed by atoms with Crippen LogP contribution in [0, 0.1) is 0 Å². The van der Waals surface area contributed by atoms with E-state index in [4.69, 9.17) is 9.47 Å². The number of pyridine rings is 1. The number of aromatic nitrogens is 3. The molecule has 2 fully saturated rings. The molecule has 3 heterocycles. The van der Waals surface area contributed by atoms with Crippen LogP contribution in [0.1, 0.15) is 48.9 Å². The summed E-state index contributed by atoms with van der Waals surface area (Å²) in [4.78, 5) is 27.1. The lowest BCUT2D eigenvalue weighted by Crippen LogP contribution is -2.44. The molecule has 7 heteroatoms. The van der Waals surface area contributed by atoms with E-state index in [2.05, 4.69) is 15.0 Å². The van der Waals surface area contributed by atoms with Crippen LogP contribution < -0.4 is 9.47 Å². The smallest absolute Gasteiger partial charge is 0.316 e. The predicted molar refractivity (Wildman–Crippen MR) is 98.7 cm³/mol. The highest BCUT2D eigenvalue weighted by molar-refractivity contribution is 5.94. The first kappa shape index (κ1) is 17.7. The van der Waals surface area contributed by atoms with Crippen LogP contribution in [0.4, 0.5) is 0 Å². The fraction of sp³-hybridized carbons (Fsp3) is 0.500. The molecule has 4 rings (SSSR count). The average Bonchev–Trinajstić information content (AvgIpc) is 3.22. The molecule has 0 N–H and O–H groups in total. The van der Waals surface area contributed by atoms with Gasteiger partial charge in [0.15, 0.2) is 0 Å². The van der Waals surface area contributed by atoms with Crippen LogP contribution in [0.25, 0.3) is 0 Å². The van der Waals surface area contributed by atoms with Gasteiger partial charge in [-0.2, -0.15) is 0 Å². The lowest BCUT2D eigenvalue weighted by molar-refractivity contribution is 0.0515. The zero-order valence-corrected chi connectivity index (χ0v) is 15.3. The third-order valence-corrected chi connectivity index (χ3v) is 5.05. The van der Waals surface area contributed by atoms with E-state index in [0.29, 0.717) is 30.5 Å². The van der Waals surface area contributed by atoms with Crippen molar-refractivity contribution in [1.29, 1.82) is 0 Å². The fourth-order valence-corrected chi connectivity index (χ4v) is 3.65. The summed E-state index contributed by atoms with van der Waals surface area (Å²) in [6.45, 7) is 1.24. The van der Waals surface area contributed by atoms with Crippen LogP contribution >= 0.6 is 0 Å². The molecule has 0 spiro atoms. The van der Waals surface area contributed by atoms with Crippen molar-refractivity contribution < 1.29 is 14.3 Å². The molecular weight excluding hydrogens is 344 g/mol. The van der Waals surface area contributed by atoms with Crippen molar-refractivity contribution in [3.63, 3.8) is 0 Å². The summed E-state index contributed by atoms with van der Waals surface area (Å²) >= 11 is 0. The highest BCUT2D eigenvalue weighted by atomic mass is 16.5. The first-order valence-electron chi connectivity index (χ1n) is 9.63. The maximum atomic E-state index is 12.8. The lowest BCUT2D eigenvalue weighted by atomic mass is 10.1. The Bertz CT molecular complexity index is 748. The molecule has 142 valence electrons. The quantitative estimate of drug-likeness (QED) is 0.808. The minimum absolute atomic E-state index is 0.0304. The Morgan fingerprint density at radius 2 is 1.74 bits per heavy atom. The molecule has 1 amide bonds. The van der Waals surface area contributed by atoms with Crippen molar-refractivity contribution in [2.24, 2.45) is 0 Å².